The number of para-hydroxylation sites is 1. The van der Waals surface area contributed by atoms with Crippen LogP contribution in [-0.2, 0) is 12.3 Å². The Bertz CT molecular complexity index is 1590. The molecule has 4 heterocycles. The zero-order chi connectivity index (χ0) is 23.6. The van der Waals surface area contributed by atoms with E-state index in [4.69, 9.17) is 13.9 Å². The first-order chi connectivity index (χ1) is 17.3. The fourth-order valence-corrected chi connectivity index (χ4v) is 4.78. The number of thioether (sulfide) groups is 1. The number of rotatable bonds is 7. The summed E-state index contributed by atoms with van der Waals surface area (Å²) in [7, 11) is 0. The molecule has 0 atom stereocenters. The van der Waals surface area contributed by atoms with Gasteiger partial charge in [-0.1, -0.05) is 65.4 Å². The van der Waals surface area contributed by atoms with Crippen LogP contribution in [0.5, 0.6) is 0 Å². The highest BCUT2D eigenvalue weighted by atomic mass is 32.2. The lowest BCUT2D eigenvalue weighted by Gasteiger charge is -2.11. The SMILES string of the molecule is CCn1c(SCc2nc(-c3ccco3)no2)nnc1-c1cc(-c2ccccc2)nc2ccccc12. The normalized spacial score (nSPS) is 11.3. The fourth-order valence-electron chi connectivity index (χ4n) is 3.94. The van der Waals surface area contributed by atoms with Crippen LogP contribution in [0.4, 0.5) is 0 Å². The van der Waals surface area contributed by atoms with Crippen LogP contribution in [0, 0.1) is 0 Å². The van der Waals surface area contributed by atoms with Crippen molar-refractivity contribution in [1.29, 1.82) is 0 Å². The summed E-state index contributed by atoms with van der Waals surface area (Å²) in [6.45, 7) is 2.80. The van der Waals surface area contributed by atoms with Crippen molar-refractivity contribution in [2.75, 3.05) is 0 Å². The van der Waals surface area contributed by atoms with Crippen molar-refractivity contribution >= 4 is 22.7 Å². The largest absolute Gasteiger partial charge is 0.461 e. The molecule has 172 valence electrons. The van der Waals surface area contributed by atoms with Crippen molar-refractivity contribution in [3.63, 3.8) is 0 Å². The Labute approximate surface area is 205 Å². The van der Waals surface area contributed by atoms with Crippen molar-refractivity contribution in [3.8, 4) is 34.2 Å². The molecule has 0 N–H and O–H groups in total. The first kappa shape index (κ1) is 21.3. The molecule has 6 aromatic rings. The first-order valence-electron chi connectivity index (χ1n) is 11.2. The van der Waals surface area contributed by atoms with Gasteiger partial charge < -0.3 is 13.5 Å². The van der Waals surface area contributed by atoms with E-state index in [0.717, 1.165) is 38.7 Å². The fraction of sp³-hybridized carbons (Fsp3) is 0.115. The maximum absolute atomic E-state index is 5.39. The third kappa shape index (κ3) is 4.10. The van der Waals surface area contributed by atoms with Crippen LogP contribution >= 0.6 is 11.8 Å². The maximum atomic E-state index is 5.39. The molecule has 9 heteroatoms. The van der Waals surface area contributed by atoms with E-state index in [-0.39, 0.29) is 0 Å². The lowest BCUT2D eigenvalue weighted by molar-refractivity contribution is 0.390. The first-order valence-corrected chi connectivity index (χ1v) is 12.2. The number of benzene rings is 2. The van der Waals surface area contributed by atoms with Gasteiger partial charge in [-0.2, -0.15) is 4.98 Å². The summed E-state index contributed by atoms with van der Waals surface area (Å²) in [6, 6.07) is 24.0. The minimum Gasteiger partial charge on any atom is -0.461 e. The Hall–Kier alpha value is -4.24. The number of furan rings is 1. The van der Waals surface area contributed by atoms with Crippen LogP contribution in [-0.4, -0.2) is 29.9 Å². The van der Waals surface area contributed by atoms with Crippen LogP contribution in [0.1, 0.15) is 12.8 Å². The van der Waals surface area contributed by atoms with Gasteiger partial charge in [0.05, 0.1) is 23.2 Å². The van der Waals surface area contributed by atoms with E-state index in [1.807, 2.05) is 36.4 Å². The second kappa shape index (κ2) is 9.19. The van der Waals surface area contributed by atoms with E-state index < -0.39 is 0 Å². The van der Waals surface area contributed by atoms with Crippen LogP contribution in [0.3, 0.4) is 0 Å². The summed E-state index contributed by atoms with van der Waals surface area (Å²) >= 11 is 1.50. The predicted octanol–water partition coefficient (Wildman–Crippen LogP) is 6.12. The number of fused-ring (bicyclic) bond motifs is 1. The van der Waals surface area contributed by atoms with Crippen molar-refractivity contribution in [1.82, 2.24) is 29.9 Å². The molecule has 0 aliphatic heterocycles. The molecule has 35 heavy (non-hydrogen) atoms. The Morgan fingerprint density at radius 2 is 1.77 bits per heavy atom. The van der Waals surface area contributed by atoms with Crippen molar-refractivity contribution in [3.05, 3.63) is 85.0 Å². The number of hydrogen-bond acceptors (Lipinski definition) is 8. The molecular weight excluding hydrogens is 460 g/mol. The summed E-state index contributed by atoms with van der Waals surface area (Å²) in [5, 5.41) is 14.9. The second-order valence-electron chi connectivity index (χ2n) is 7.77. The van der Waals surface area contributed by atoms with Gasteiger partial charge in [-0.25, -0.2) is 4.98 Å². The van der Waals surface area contributed by atoms with Gasteiger partial charge in [-0.3, -0.25) is 0 Å². The molecule has 0 fully saturated rings. The smallest absolute Gasteiger partial charge is 0.238 e. The van der Waals surface area contributed by atoms with Crippen molar-refractivity contribution < 1.29 is 8.94 Å². The van der Waals surface area contributed by atoms with E-state index in [1.165, 1.54) is 11.8 Å². The van der Waals surface area contributed by atoms with Crippen molar-refractivity contribution in [2.45, 2.75) is 24.4 Å². The van der Waals surface area contributed by atoms with Gasteiger partial charge in [0.1, 0.15) is 0 Å². The Kier molecular flexibility index (Phi) is 5.59. The highest BCUT2D eigenvalue weighted by Crippen LogP contribution is 2.33. The van der Waals surface area contributed by atoms with E-state index in [9.17, 15) is 0 Å². The van der Waals surface area contributed by atoms with Gasteiger partial charge in [0.25, 0.3) is 0 Å². The summed E-state index contributed by atoms with van der Waals surface area (Å²) < 4.78 is 12.8. The molecule has 4 aromatic heterocycles. The minimum atomic E-state index is 0.431. The molecule has 0 bridgehead atoms. The second-order valence-corrected chi connectivity index (χ2v) is 8.71. The topological polar surface area (TPSA) is 95.7 Å². The van der Waals surface area contributed by atoms with Gasteiger partial charge in [0, 0.05) is 23.1 Å². The number of pyridine rings is 1. The monoisotopic (exact) mass is 480 g/mol. The average molecular weight is 481 g/mol. The van der Waals surface area contributed by atoms with E-state index in [1.54, 1.807) is 18.4 Å². The van der Waals surface area contributed by atoms with Gasteiger partial charge in [-0.05, 0) is 31.2 Å². The third-order valence-corrected chi connectivity index (χ3v) is 6.55. The maximum Gasteiger partial charge on any atom is 0.238 e. The quantitative estimate of drug-likeness (QED) is 0.252. The highest BCUT2D eigenvalue weighted by Gasteiger charge is 2.19. The van der Waals surface area contributed by atoms with Gasteiger partial charge in [0.15, 0.2) is 16.7 Å². The van der Waals surface area contributed by atoms with Gasteiger partial charge in [-0.15, -0.1) is 10.2 Å². The molecule has 0 radical (unpaired) electrons. The predicted molar refractivity (Wildman–Crippen MR) is 133 cm³/mol. The lowest BCUT2D eigenvalue weighted by Crippen LogP contribution is -2.01. The molecule has 8 nitrogen and oxygen atoms in total. The van der Waals surface area contributed by atoms with Crippen LogP contribution in [0.25, 0.3) is 45.1 Å². The highest BCUT2D eigenvalue weighted by molar-refractivity contribution is 7.98. The number of hydrogen-bond donors (Lipinski definition) is 0. The molecule has 6 rings (SSSR count). The summed E-state index contributed by atoms with van der Waals surface area (Å²) in [6.07, 6.45) is 1.58. The van der Waals surface area contributed by atoms with Crippen LogP contribution in [0.2, 0.25) is 0 Å². The Morgan fingerprint density at radius 1 is 0.914 bits per heavy atom. The van der Waals surface area contributed by atoms with Crippen LogP contribution in [0.15, 0.2) is 93.2 Å². The van der Waals surface area contributed by atoms with Crippen LogP contribution < -0.4 is 0 Å². The molecule has 0 aliphatic rings. The zero-order valence-electron chi connectivity index (χ0n) is 18.8. The molecule has 0 aliphatic carbocycles. The molecule has 0 spiro atoms. The molecule has 2 aromatic carbocycles. The average Bonchev–Trinajstić information content (AvgIpc) is 3.68. The lowest BCUT2D eigenvalue weighted by atomic mass is 10.0. The third-order valence-electron chi connectivity index (χ3n) is 5.59. The van der Waals surface area contributed by atoms with E-state index in [2.05, 4.69) is 56.1 Å². The summed E-state index contributed by atoms with van der Waals surface area (Å²) in [5.74, 6) is 2.77. The minimum absolute atomic E-state index is 0.431. The summed E-state index contributed by atoms with van der Waals surface area (Å²) in [4.78, 5) is 9.31. The Morgan fingerprint density at radius 3 is 2.60 bits per heavy atom. The molecule has 0 saturated heterocycles. The summed E-state index contributed by atoms with van der Waals surface area (Å²) in [5.41, 5.74) is 3.87. The molecule has 0 amide bonds. The number of nitrogens with zero attached hydrogens (tertiary/aromatic N) is 6. The van der Waals surface area contributed by atoms with E-state index >= 15 is 0 Å². The molecule has 0 saturated carbocycles. The Balaban J connectivity index is 1.35. The standard InChI is InChI=1S/C26H20N6O2S/c1-2-32-25(29-30-26(32)35-16-23-28-24(31-34-23)22-13-8-14-33-22)19-15-21(17-9-4-3-5-10-17)27-20-12-7-6-11-18(19)20/h3-15H,2,16H2,1H3. The molecule has 0 unspecified atom stereocenters. The zero-order valence-corrected chi connectivity index (χ0v) is 19.6. The van der Waals surface area contributed by atoms with Gasteiger partial charge in [0.2, 0.25) is 11.7 Å². The number of aromatic nitrogens is 6. The molecular formula is C26H20N6O2S. The van der Waals surface area contributed by atoms with Crippen molar-refractivity contribution in [2.24, 2.45) is 0 Å². The van der Waals surface area contributed by atoms with E-state index in [0.29, 0.717) is 29.8 Å². The van der Waals surface area contributed by atoms with Gasteiger partial charge >= 0.3 is 0 Å².